The van der Waals surface area contributed by atoms with E-state index in [2.05, 4.69) is 0 Å². The Labute approximate surface area is 117 Å². The molecule has 1 unspecified atom stereocenters. The van der Waals surface area contributed by atoms with Gasteiger partial charge in [0.05, 0.1) is 5.92 Å². The van der Waals surface area contributed by atoms with Crippen molar-refractivity contribution in [1.82, 2.24) is 0 Å². The van der Waals surface area contributed by atoms with E-state index in [-0.39, 0.29) is 5.82 Å². The van der Waals surface area contributed by atoms with Crippen molar-refractivity contribution in [2.75, 3.05) is 0 Å². The average Bonchev–Trinajstić information content (AvgIpc) is 2.42. The van der Waals surface area contributed by atoms with Gasteiger partial charge in [-0.3, -0.25) is 4.79 Å². The molecule has 1 atom stereocenters. The molecule has 1 N–H and O–H groups in total. The summed E-state index contributed by atoms with van der Waals surface area (Å²) < 4.78 is 13.1. The van der Waals surface area contributed by atoms with Crippen molar-refractivity contribution in [1.29, 1.82) is 0 Å². The van der Waals surface area contributed by atoms with Gasteiger partial charge in [-0.15, -0.1) is 0 Å². The maximum atomic E-state index is 13.1. The fourth-order valence-electron chi connectivity index (χ4n) is 2.30. The molecule has 0 saturated carbocycles. The van der Waals surface area contributed by atoms with Gasteiger partial charge in [0.15, 0.2) is 0 Å². The summed E-state index contributed by atoms with van der Waals surface area (Å²) in [6.45, 7) is 1.81. The summed E-state index contributed by atoms with van der Waals surface area (Å²) in [4.78, 5) is 11.4. The molecule has 2 aromatic rings. The molecule has 0 aliphatic heterocycles. The Morgan fingerprint density at radius 3 is 2.45 bits per heavy atom. The first-order chi connectivity index (χ1) is 9.56. The lowest BCUT2D eigenvalue weighted by Gasteiger charge is -2.14. The predicted molar refractivity (Wildman–Crippen MR) is 76.1 cm³/mol. The number of carboxylic acids is 1. The molecule has 0 bridgehead atoms. The highest BCUT2D eigenvalue weighted by atomic mass is 19.1. The molecule has 0 heterocycles. The van der Waals surface area contributed by atoms with Crippen molar-refractivity contribution in [3.8, 4) is 0 Å². The van der Waals surface area contributed by atoms with E-state index in [1.807, 2.05) is 30.3 Å². The maximum absolute atomic E-state index is 13.1. The highest BCUT2D eigenvalue weighted by Gasteiger charge is 2.19. The molecule has 2 rings (SSSR count). The van der Waals surface area contributed by atoms with Crippen LogP contribution in [0.4, 0.5) is 4.39 Å². The van der Waals surface area contributed by atoms with Crippen LogP contribution in [0.5, 0.6) is 0 Å². The van der Waals surface area contributed by atoms with Crippen LogP contribution in [0.2, 0.25) is 0 Å². The van der Waals surface area contributed by atoms with E-state index in [1.165, 1.54) is 12.1 Å². The van der Waals surface area contributed by atoms with Crippen LogP contribution in [0.3, 0.4) is 0 Å². The number of hydrogen-bond donors (Lipinski definition) is 1. The van der Waals surface area contributed by atoms with E-state index in [0.717, 1.165) is 16.7 Å². The Bertz CT molecular complexity index is 593. The number of carbonyl (C=O) groups is 1. The highest BCUT2D eigenvalue weighted by molar-refractivity contribution is 5.71. The molecule has 2 aromatic carbocycles. The van der Waals surface area contributed by atoms with E-state index in [0.29, 0.717) is 12.8 Å². The second kappa shape index (κ2) is 6.33. The third-order valence-electron chi connectivity index (χ3n) is 3.45. The molecule has 0 aliphatic carbocycles. The summed E-state index contributed by atoms with van der Waals surface area (Å²) in [6, 6.07) is 14.0. The maximum Gasteiger partial charge on any atom is 0.307 e. The predicted octanol–water partition coefficient (Wildman–Crippen LogP) is 3.62. The third kappa shape index (κ3) is 3.67. The largest absolute Gasteiger partial charge is 0.481 e. The van der Waals surface area contributed by atoms with Gasteiger partial charge in [0.1, 0.15) is 5.82 Å². The van der Waals surface area contributed by atoms with Crippen molar-refractivity contribution in [3.63, 3.8) is 0 Å². The Morgan fingerprint density at radius 1 is 1.15 bits per heavy atom. The fourth-order valence-corrected chi connectivity index (χ4v) is 2.30. The number of benzene rings is 2. The zero-order valence-electron chi connectivity index (χ0n) is 11.3. The number of aryl methyl sites for hydroxylation is 1. The lowest BCUT2D eigenvalue weighted by atomic mass is 9.91. The van der Waals surface area contributed by atoms with Gasteiger partial charge in [0.2, 0.25) is 0 Å². The molecule has 0 aliphatic rings. The van der Waals surface area contributed by atoms with Gasteiger partial charge < -0.3 is 5.11 Å². The topological polar surface area (TPSA) is 37.3 Å². The average molecular weight is 272 g/mol. The number of aliphatic carboxylic acids is 1. The molecule has 20 heavy (non-hydrogen) atoms. The van der Waals surface area contributed by atoms with E-state index in [1.54, 1.807) is 13.0 Å². The van der Waals surface area contributed by atoms with Crippen LogP contribution in [-0.4, -0.2) is 11.1 Å². The first-order valence-electron chi connectivity index (χ1n) is 6.58. The molecule has 0 amide bonds. The molecule has 2 nitrogen and oxygen atoms in total. The van der Waals surface area contributed by atoms with Gasteiger partial charge in [-0.25, -0.2) is 4.39 Å². The number of hydrogen-bond acceptors (Lipinski definition) is 1. The van der Waals surface area contributed by atoms with Crippen LogP contribution in [0.1, 0.15) is 16.7 Å². The van der Waals surface area contributed by atoms with Gasteiger partial charge in [-0.2, -0.15) is 0 Å². The Morgan fingerprint density at radius 2 is 1.85 bits per heavy atom. The van der Waals surface area contributed by atoms with Gasteiger partial charge >= 0.3 is 5.97 Å². The lowest BCUT2D eigenvalue weighted by molar-refractivity contribution is -0.141. The third-order valence-corrected chi connectivity index (χ3v) is 3.45. The molecule has 0 spiro atoms. The van der Waals surface area contributed by atoms with Gasteiger partial charge in [-0.1, -0.05) is 36.4 Å². The minimum atomic E-state index is -0.822. The van der Waals surface area contributed by atoms with Crippen LogP contribution >= 0.6 is 0 Å². The summed E-state index contributed by atoms with van der Waals surface area (Å²) in [7, 11) is 0. The van der Waals surface area contributed by atoms with Crippen LogP contribution < -0.4 is 0 Å². The van der Waals surface area contributed by atoms with Gasteiger partial charge in [-0.05, 0) is 48.6 Å². The molecule has 0 aromatic heterocycles. The smallest absolute Gasteiger partial charge is 0.307 e. The molecule has 0 radical (unpaired) electrons. The van der Waals surface area contributed by atoms with Crippen LogP contribution in [0.15, 0.2) is 48.5 Å². The highest BCUT2D eigenvalue weighted by Crippen LogP contribution is 2.18. The van der Waals surface area contributed by atoms with Crippen molar-refractivity contribution < 1.29 is 14.3 Å². The first-order valence-corrected chi connectivity index (χ1v) is 6.58. The van der Waals surface area contributed by atoms with Crippen molar-refractivity contribution in [2.45, 2.75) is 19.8 Å². The van der Waals surface area contributed by atoms with Gasteiger partial charge in [0, 0.05) is 0 Å². The number of carboxylic acid groups (broad SMARTS) is 1. The Hall–Kier alpha value is -2.16. The lowest BCUT2D eigenvalue weighted by Crippen LogP contribution is -2.19. The fraction of sp³-hybridized carbons (Fsp3) is 0.235. The second-order valence-electron chi connectivity index (χ2n) is 5.00. The van der Waals surface area contributed by atoms with Crippen LogP contribution in [0.25, 0.3) is 0 Å². The summed E-state index contributed by atoms with van der Waals surface area (Å²) in [5, 5.41) is 9.37. The van der Waals surface area contributed by atoms with Crippen molar-refractivity contribution >= 4 is 5.97 Å². The Kier molecular flexibility index (Phi) is 4.51. The van der Waals surface area contributed by atoms with E-state index >= 15 is 0 Å². The number of rotatable bonds is 5. The zero-order valence-corrected chi connectivity index (χ0v) is 11.3. The molecular weight excluding hydrogens is 255 g/mol. The summed E-state index contributed by atoms with van der Waals surface area (Å²) in [5.74, 6) is -1.61. The zero-order chi connectivity index (χ0) is 14.5. The molecule has 3 heteroatoms. The minimum Gasteiger partial charge on any atom is -0.481 e. The SMILES string of the molecule is Cc1cc(F)ccc1CC(Cc1ccccc1)C(=O)O. The van der Waals surface area contributed by atoms with E-state index in [4.69, 9.17) is 0 Å². The van der Waals surface area contributed by atoms with E-state index < -0.39 is 11.9 Å². The second-order valence-corrected chi connectivity index (χ2v) is 5.00. The quantitative estimate of drug-likeness (QED) is 0.902. The monoisotopic (exact) mass is 272 g/mol. The van der Waals surface area contributed by atoms with Crippen molar-refractivity contribution in [3.05, 3.63) is 71.0 Å². The molecule has 0 saturated heterocycles. The van der Waals surface area contributed by atoms with E-state index in [9.17, 15) is 14.3 Å². The minimum absolute atomic E-state index is 0.291. The summed E-state index contributed by atoms with van der Waals surface area (Å²) in [5.41, 5.74) is 2.68. The van der Waals surface area contributed by atoms with Crippen molar-refractivity contribution in [2.24, 2.45) is 5.92 Å². The molecular formula is C17H17FO2. The number of halogens is 1. The molecule has 104 valence electrons. The normalized spacial score (nSPS) is 12.1. The summed E-state index contributed by atoms with van der Waals surface area (Å²) >= 11 is 0. The summed E-state index contributed by atoms with van der Waals surface area (Å²) in [6.07, 6.45) is 0.892. The Balaban J connectivity index is 2.15. The first kappa shape index (κ1) is 14.3. The molecule has 0 fully saturated rings. The van der Waals surface area contributed by atoms with Crippen LogP contribution in [-0.2, 0) is 17.6 Å². The van der Waals surface area contributed by atoms with Gasteiger partial charge in [0.25, 0.3) is 0 Å². The standard InChI is InChI=1S/C17H17FO2/c1-12-9-16(18)8-7-14(12)11-15(17(19)20)10-13-5-3-2-4-6-13/h2-9,15H,10-11H2,1H3,(H,19,20). The van der Waals surface area contributed by atoms with Crippen LogP contribution in [0, 0.1) is 18.7 Å².